The minimum atomic E-state index is -0.547. The lowest BCUT2D eigenvalue weighted by atomic mass is 10.1. The molecule has 0 bridgehead atoms. The van der Waals surface area contributed by atoms with E-state index in [0.29, 0.717) is 5.56 Å². The number of nitrogens with two attached hydrogens (primary N) is 2. The molecule has 0 unspecified atom stereocenters. The van der Waals surface area contributed by atoms with Crippen LogP contribution in [0.3, 0.4) is 0 Å². The molecule has 1 rings (SSSR count). The van der Waals surface area contributed by atoms with Crippen LogP contribution < -0.4 is 11.5 Å². The van der Waals surface area contributed by atoms with Crippen LogP contribution in [0.2, 0.25) is 5.02 Å². The fourth-order valence-electron chi connectivity index (χ4n) is 1.04. The molecule has 84 valence electrons. The van der Waals surface area contributed by atoms with E-state index in [0.717, 1.165) is 0 Å². The van der Waals surface area contributed by atoms with Gasteiger partial charge in [0.2, 0.25) is 0 Å². The van der Waals surface area contributed by atoms with Crippen LogP contribution in [-0.2, 0) is 0 Å². The molecule has 1 atom stereocenters. The summed E-state index contributed by atoms with van der Waals surface area (Å²) in [6.45, 7) is 0.235. The van der Waals surface area contributed by atoms with Crippen molar-refractivity contribution in [1.82, 2.24) is 0 Å². The van der Waals surface area contributed by atoms with E-state index in [-0.39, 0.29) is 29.7 Å². The highest BCUT2D eigenvalue weighted by atomic mass is 35.5. The van der Waals surface area contributed by atoms with Crippen molar-refractivity contribution in [3.63, 3.8) is 0 Å². The molecule has 0 spiro atoms. The first kappa shape index (κ1) is 14.1. The summed E-state index contributed by atoms with van der Waals surface area (Å²) < 4.78 is 0. The molecular formula is C8H11Cl2N3O2. The van der Waals surface area contributed by atoms with Gasteiger partial charge in [-0.2, -0.15) is 0 Å². The maximum atomic E-state index is 10.5. The van der Waals surface area contributed by atoms with Gasteiger partial charge in [-0.3, -0.25) is 10.1 Å². The van der Waals surface area contributed by atoms with Gasteiger partial charge >= 0.3 is 0 Å². The summed E-state index contributed by atoms with van der Waals surface area (Å²) in [5.74, 6) is 0. The number of benzene rings is 1. The predicted molar refractivity (Wildman–Crippen MR) is 61.3 cm³/mol. The molecule has 0 saturated heterocycles. The van der Waals surface area contributed by atoms with Crippen molar-refractivity contribution in [3.05, 3.63) is 38.9 Å². The van der Waals surface area contributed by atoms with Gasteiger partial charge in [-0.05, 0) is 11.6 Å². The molecule has 0 saturated carbocycles. The van der Waals surface area contributed by atoms with Gasteiger partial charge < -0.3 is 11.5 Å². The monoisotopic (exact) mass is 251 g/mol. The molecule has 0 radical (unpaired) electrons. The molecule has 15 heavy (non-hydrogen) atoms. The van der Waals surface area contributed by atoms with E-state index in [1.807, 2.05) is 0 Å². The highest BCUT2D eigenvalue weighted by molar-refractivity contribution is 6.32. The third-order valence-corrected chi connectivity index (χ3v) is 2.17. The second-order valence-corrected chi connectivity index (χ2v) is 3.22. The molecule has 0 aromatic heterocycles. The van der Waals surface area contributed by atoms with Crippen molar-refractivity contribution in [3.8, 4) is 0 Å². The molecule has 0 aliphatic carbocycles. The minimum Gasteiger partial charge on any atom is -0.329 e. The van der Waals surface area contributed by atoms with Crippen LogP contribution in [0, 0.1) is 10.1 Å². The average Bonchev–Trinajstić information content (AvgIpc) is 2.17. The van der Waals surface area contributed by atoms with Crippen LogP contribution in [0.5, 0.6) is 0 Å². The molecule has 0 aliphatic rings. The molecule has 1 aromatic rings. The molecule has 0 amide bonds. The summed E-state index contributed by atoms with van der Waals surface area (Å²) in [7, 11) is 0. The van der Waals surface area contributed by atoms with Crippen LogP contribution in [0.15, 0.2) is 18.2 Å². The van der Waals surface area contributed by atoms with E-state index in [9.17, 15) is 10.1 Å². The topological polar surface area (TPSA) is 95.2 Å². The highest BCUT2D eigenvalue weighted by Crippen LogP contribution is 2.26. The summed E-state index contributed by atoms with van der Waals surface area (Å²) in [4.78, 5) is 9.99. The van der Waals surface area contributed by atoms with Gasteiger partial charge in [-0.1, -0.05) is 17.7 Å². The maximum absolute atomic E-state index is 10.5. The molecule has 0 aliphatic heterocycles. The first-order chi connectivity index (χ1) is 6.56. The van der Waals surface area contributed by atoms with E-state index in [4.69, 9.17) is 23.1 Å². The fraction of sp³-hybridized carbons (Fsp3) is 0.250. The third-order valence-electron chi connectivity index (χ3n) is 1.85. The molecule has 0 fully saturated rings. The average molecular weight is 252 g/mol. The summed E-state index contributed by atoms with van der Waals surface area (Å²) >= 11 is 5.63. The lowest BCUT2D eigenvalue weighted by molar-refractivity contribution is -0.384. The normalized spacial score (nSPS) is 11.7. The largest absolute Gasteiger partial charge is 0.329 e. The van der Waals surface area contributed by atoms with E-state index in [1.165, 1.54) is 12.1 Å². The van der Waals surface area contributed by atoms with Gasteiger partial charge in [-0.15, -0.1) is 12.4 Å². The number of halogens is 2. The van der Waals surface area contributed by atoms with Gasteiger partial charge in [0.05, 0.1) is 4.92 Å². The smallest absolute Gasteiger partial charge is 0.288 e. The molecule has 0 heterocycles. The zero-order valence-corrected chi connectivity index (χ0v) is 9.29. The quantitative estimate of drug-likeness (QED) is 0.631. The Bertz CT molecular complexity index is 360. The van der Waals surface area contributed by atoms with Crippen molar-refractivity contribution in [2.24, 2.45) is 11.5 Å². The zero-order valence-electron chi connectivity index (χ0n) is 7.72. The number of nitro benzene ring substituents is 1. The Morgan fingerprint density at radius 3 is 2.60 bits per heavy atom. The lowest BCUT2D eigenvalue weighted by Gasteiger charge is -2.08. The van der Waals surface area contributed by atoms with Gasteiger partial charge in [0.1, 0.15) is 5.02 Å². The van der Waals surface area contributed by atoms with Crippen LogP contribution in [0.1, 0.15) is 11.6 Å². The SMILES string of the molecule is Cl.NC[C@@H](N)c1ccc(Cl)c([N+](=O)[O-])c1. The number of nitrogens with zero attached hydrogens (tertiary/aromatic N) is 1. The zero-order chi connectivity index (χ0) is 10.7. The minimum absolute atomic E-state index is 0. The predicted octanol–water partition coefficient (Wildman–Crippen LogP) is 1.63. The third kappa shape index (κ3) is 3.32. The Morgan fingerprint density at radius 1 is 1.53 bits per heavy atom. The van der Waals surface area contributed by atoms with Crippen molar-refractivity contribution < 1.29 is 4.92 Å². The lowest BCUT2D eigenvalue weighted by Crippen LogP contribution is -2.20. The van der Waals surface area contributed by atoms with Crippen LogP contribution in [0.25, 0.3) is 0 Å². The first-order valence-corrected chi connectivity index (χ1v) is 4.33. The summed E-state index contributed by atoms with van der Waals surface area (Å²) in [5, 5.41) is 10.6. The molecule has 7 heteroatoms. The summed E-state index contributed by atoms with van der Waals surface area (Å²) in [6.07, 6.45) is 0. The van der Waals surface area contributed by atoms with Crippen LogP contribution in [0.4, 0.5) is 5.69 Å². The van der Waals surface area contributed by atoms with E-state index in [1.54, 1.807) is 6.07 Å². The van der Waals surface area contributed by atoms with Crippen molar-refractivity contribution in [1.29, 1.82) is 0 Å². The number of hydrogen-bond acceptors (Lipinski definition) is 4. The van der Waals surface area contributed by atoms with E-state index < -0.39 is 11.0 Å². The fourth-order valence-corrected chi connectivity index (χ4v) is 1.22. The summed E-state index contributed by atoms with van der Waals surface area (Å²) in [6, 6.07) is 4.03. The Morgan fingerprint density at radius 2 is 2.13 bits per heavy atom. The van der Waals surface area contributed by atoms with Gasteiger partial charge in [0.15, 0.2) is 0 Å². The van der Waals surface area contributed by atoms with E-state index >= 15 is 0 Å². The Hall–Kier alpha value is -0.880. The molecule has 4 N–H and O–H groups in total. The van der Waals surface area contributed by atoms with Gasteiger partial charge in [0.25, 0.3) is 5.69 Å². The number of hydrogen-bond donors (Lipinski definition) is 2. The standard InChI is InChI=1S/C8H10ClN3O2.ClH/c9-6-2-1-5(7(11)4-10)3-8(6)12(13)14;/h1-3,7H,4,10-11H2;1H/t7-;/m1./s1. The van der Waals surface area contributed by atoms with E-state index in [2.05, 4.69) is 0 Å². The van der Waals surface area contributed by atoms with Crippen molar-refractivity contribution in [2.75, 3.05) is 6.54 Å². The van der Waals surface area contributed by atoms with Gasteiger partial charge in [-0.25, -0.2) is 0 Å². The Balaban J connectivity index is 0.00000196. The van der Waals surface area contributed by atoms with Gasteiger partial charge in [0, 0.05) is 18.7 Å². The number of rotatable bonds is 3. The van der Waals surface area contributed by atoms with Crippen LogP contribution >= 0.6 is 24.0 Å². The highest BCUT2D eigenvalue weighted by Gasteiger charge is 2.14. The molecular weight excluding hydrogens is 241 g/mol. The van der Waals surface area contributed by atoms with Crippen LogP contribution in [-0.4, -0.2) is 11.5 Å². The van der Waals surface area contributed by atoms with Crippen molar-refractivity contribution >= 4 is 29.7 Å². The first-order valence-electron chi connectivity index (χ1n) is 3.95. The van der Waals surface area contributed by atoms with Crippen molar-refractivity contribution in [2.45, 2.75) is 6.04 Å². The summed E-state index contributed by atoms with van der Waals surface area (Å²) in [5.41, 5.74) is 11.4. The molecule has 5 nitrogen and oxygen atoms in total. The number of nitro groups is 1. The maximum Gasteiger partial charge on any atom is 0.288 e. The Kier molecular flexibility index (Phi) is 5.53. The second kappa shape index (κ2) is 5.87. The molecule has 1 aromatic carbocycles. The second-order valence-electron chi connectivity index (χ2n) is 2.81. The Labute approximate surface area is 98.0 Å².